The Morgan fingerprint density at radius 1 is 1.07 bits per heavy atom. The third kappa shape index (κ3) is 4.15. The van der Waals surface area contributed by atoms with Crippen LogP contribution < -0.4 is 9.47 Å². The van der Waals surface area contributed by atoms with Crippen LogP contribution in [0.15, 0.2) is 77.0 Å². The fraction of sp³-hybridized carbons (Fsp3) is 0.0833. The van der Waals surface area contributed by atoms with Crippen LogP contribution in [0.3, 0.4) is 0 Å². The van der Waals surface area contributed by atoms with E-state index in [0.29, 0.717) is 22.6 Å². The summed E-state index contributed by atoms with van der Waals surface area (Å²) in [6, 6.07) is 19.9. The molecule has 3 aromatic carbocycles. The highest BCUT2D eigenvalue weighted by molar-refractivity contribution is 9.10. The molecule has 0 amide bonds. The third-order valence-electron chi connectivity index (χ3n) is 4.65. The van der Waals surface area contributed by atoms with E-state index in [1.54, 1.807) is 36.4 Å². The van der Waals surface area contributed by atoms with E-state index in [1.165, 1.54) is 0 Å². The Morgan fingerprint density at radius 2 is 1.83 bits per heavy atom. The zero-order valence-electron chi connectivity index (χ0n) is 15.6. The van der Waals surface area contributed by atoms with Crippen molar-refractivity contribution in [1.82, 2.24) is 0 Å². The molecule has 0 aromatic heterocycles. The number of carbonyl (C=O) groups is 2. The van der Waals surface area contributed by atoms with Gasteiger partial charge in [0.1, 0.15) is 11.5 Å². The number of ether oxygens (including phenoxy) is 2. The molecule has 0 fully saturated rings. The number of fused-ring (bicyclic) bond motifs is 1. The number of hydrogen-bond acceptors (Lipinski definition) is 4. The number of allylic oxidation sites excluding steroid dienone is 1. The van der Waals surface area contributed by atoms with Gasteiger partial charge >= 0.3 is 0 Å². The lowest BCUT2D eigenvalue weighted by Gasteiger charge is -2.07. The van der Waals surface area contributed by atoms with Crippen molar-refractivity contribution in [3.05, 3.63) is 99.2 Å². The molecule has 29 heavy (non-hydrogen) atoms. The predicted octanol–water partition coefficient (Wildman–Crippen LogP) is 5.64. The van der Waals surface area contributed by atoms with E-state index in [-0.39, 0.29) is 23.9 Å². The lowest BCUT2D eigenvalue weighted by molar-refractivity contribution is 0.0921. The van der Waals surface area contributed by atoms with Crippen molar-refractivity contribution in [3.63, 3.8) is 0 Å². The van der Waals surface area contributed by atoms with Crippen LogP contribution >= 0.6 is 15.9 Å². The average molecular weight is 449 g/mol. The second-order valence-corrected chi connectivity index (χ2v) is 7.59. The molecule has 4 nitrogen and oxygen atoms in total. The van der Waals surface area contributed by atoms with E-state index < -0.39 is 0 Å². The molecular formula is C24H17BrO4. The van der Waals surface area contributed by atoms with Crippen LogP contribution in [0.1, 0.15) is 31.8 Å². The Kier molecular flexibility index (Phi) is 5.32. The monoisotopic (exact) mass is 448 g/mol. The molecule has 0 atom stereocenters. The van der Waals surface area contributed by atoms with E-state index >= 15 is 0 Å². The van der Waals surface area contributed by atoms with Gasteiger partial charge in [0.05, 0.1) is 5.56 Å². The van der Waals surface area contributed by atoms with Gasteiger partial charge in [0.15, 0.2) is 18.1 Å². The summed E-state index contributed by atoms with van der Waals surface area (Å²) in [5, 5.41) is 0. The van der Waals surface area contributed by atoms with Crippen molar-refractivity contribution in [2.45, 2.75) is 6.92 Å². The van der Waals surface area contributed by atoms with E-state index in [4.69, 9.17) is 9.47 Å². The maximum atomic E-state index is 12.6. The van der Waals surface area contributed by atoms with E-state index in [2.05, 4.69) is 15.9 Å². The minimum absolute atomic E-state index is 0.0970. The summed E-state index contributed by atoms with van der Waals surface area (Å²) in [7, 11) is 0. The maximum Gasteiger partial charge on any atom is 0.231 e. The van der Waals surface area contributed by atoms with Crippen LogP contribution in [0.25, 0.3) is 6.08 Å². The fourth-order valence-electron chi connectivity index (χ4n) is 3.01. The summed E-state index contributed by atoms with van der Waals surface area (Å²) in [4.78, 5) is 24.9. The molecule has 0 saturated carbocycles. The van der Waals surface area contributed by atoms with Crippen LogP contribution in [0, 0.1) is 6.92 Å². The molecule has 0 unspecified atom stereocenters. The molecule has 0 N–H and O–H groups in total. The molecule has 0 spiro atoms. The summed E-state index contributed by atoms with van der Waals surface area (Å²) in [6.07, 6.45) is 1.75. The molecule has 3 aromatic rings. The van der Waals surface area contributed by atoms with Gasteiger partial charge in [-0.1, -0.05) is 52.3 Å². The smallest absolute Gasteiger partial charge is 0.231 e. The molecule has 0 saturated heterocycles. The van der Waals surface area contributed by atoms with E-state index in [0.717, 1.165) is 15.6 Å². The van der Waals surface area contributed by atoms with Gasteiger partial charge in [-0.05, 0) is 48.4 Å². The Bertz CT molecular complexity index is 1130. The number of carbonyl (C=O) groups excluding carboxylic acids is 2. The Balaban J connectivity index is 1.48. The number of rotatable bonds is 5. The number of hydrogen-bond donors (Lipinski definition) is 0. The molecule has 0 aliphatic carbocycles. The minimum Gasteiger partial charge on any atom is -0.485 e. The highest BCUT2D eigenvalue weighted by Crippen LogP contribution is 2.35. The lowest BCUT2D eigenvalue weighted by atomic mass is 10.1. The van der Waals surface area contributed by atoms with Gasteiger partial charge < -0.3 is 9.47 Å². The number of Topliss-reactive ketones (excluding diaryl/α,β-unsaturated/α-hetero) is 2. The van der Waals surface area contributed by atoms with Gasteiger partial charge in [-0.25, -0.2) is 0 Å². The Hall–Kier alpha value is -3.18. The second-order valence-electron chi connectivity index (χ2n) is 6.67. The Morgan fingerprint density at radius 3 is 2.59 bits per heavy atom. The standard InChI is InChI=1S/C24H17BrO4/c1-15-4-2-3-5-17(15)12-23-24(27)20-11-10-19(13-22(20)29-23)28-14-21(26)16-6-8-18(25)9-7-16/h2-13H,14H2,1H3. The van der Waals surface area contributed by atoms with Crippen molar-refractivity contribution in [3.8, 4) is 11.5 Å². The second kappa shape index (κ2) is 8.05. The van der Waals surface area contributed by atoms with Gasteiger partial charge in [-0.3, -0.25) is 9.59 Å². The number of ketones is 2. The molecule has 1 aliphatic rings. The largest absolute Gasteiger partial charge is 0.485 e. The van der Waals surface area contributed by atoms with E-state index in [1.807, 2.05) is 43.3 Å². The average Bonchev–Trinajstić information content (AvgIpc) is 3.03. The summed E-state index contributed by atoms with van der Waals surface area (Å²) < 4.78 is 12.3. The molecular weight excluding hydrogens is 432 g/mol. The van der Waals surface area contributed by atoms with Crippen molar-refractivity contribution in [1.29, 1.82) is 0 Å². The fourth-order valence-corrected chi connectivity index (χ4v) is 3.28. The molecule has 144 valence electrons. The number of benzene rings is 3. The Labute approximate surface area is 176 Å². The van der Waals surface area contributed by atoms with Crippen LogP contribution in [-0.4, -0.2) is 18.2 Å². The first-order valence-corrected chi connectivity index (χ1v) is 9.86. The van der Waals surface area contributed by atoms with Crippen LogP contribution in [0.5, 0.6) is 11.5 Å². The van der Waals surface area contributed by atoms with Gasteiger partial charge in [0.2, 0.25) is 5.78 Å². The van der Waals surface area contributed by atoms with Crippen LogP contribution in [0.4, 0.5) is 0 Å². The molecule has 5 heteroatoms. The topological polar surface area (TPSA) is 52.6 Å². The summed E-state index contributed by atoms with van der Waals surface area (Å²) in [5.74, 6) is 0.885. The van der Waals surface area contributed by atoms with Crippen LogP contribution in [0.2, 0.25) is 0 Å². The lowest BCUT2D eigenvalue weighted by Crippen LogP contribution is -2.11. The predicted molar refractivity (Wildman–Crippen MR) is 115 cm³/mol. The van der Waals surface area contributed by atoms with E-state index in [9.17, 15) is 9.59 Å². The minimum atomic E-state index is -0.166. The number of halogens is 1. The molecule has 0 bridgehead atoms. The quantitative estimate of drug-likeness (QED) is 0.374. The maximum absolute atomic E-state index is 12.6. The summed E-state index contributed by atoms with van der Waals surface area (Å²) in [5.41, 5.74) is 3.05. The molecule has 0 radical (unpaired) electrons. The van der Waals surface area contributed by atoms with Crippen molar-refractivity contribution in [2.75, 3.05) is 6.61 Å². The zero-order valence-corrected chi connectivity index (χ0v) is 17.2. The molecule has 1 aliphatic heterocycles. The van der Waals surface area contributed by atoms with Gasteiger partial charge in [-0.15, -0.1) is 0 Å². The van der Waals surface area contributed by atoms with Crippen molar-refractivity contribution in [2.24, 2.45) is 0 Å². The van der Waals surface area contributed by atoms with Gasteiger partial charge in [-0.2, -0.15) is 0 Å². The van der Waals surface area contributed by atoms with Crippen molar-refractivity contribution < 1.29 is 19.1 Å². The summed E-state index contributed by atoms with van der Waals surface area (Å²) >= 11 is 3.34. The highest BCUT2D eigenvalue weighted by atomic mass is 79.9. The molecule has 4 rings (SSSR count). The van der Waals surface area contributed by atoms with Gasteiger partial charge in [0, 0.05) is 16.1 Å². The highest BCUT2D eigenvalue weighted by Gasteiger charge is 2.28. The normalized spacial score (nSPS) is 13.9. The first-order valence-electron chi connectivity index (χ1n) is 9.07. The zero-order chi connectivity index (χ0) is 20.4. The third-order valence-corrected chi connectivity index (χ3v) is 5.18. The summed E-state index contributed by atoms with van der Waals surface area (Å²) in [6.45, 7) is 1.88. The SMILES string of the molecule is Cc1ccccc1C=C1Oc2cc(OCC(=O)c3ccc(Br)cc3)ccc2C1=O. The first-order chi connectivity index (χ1) is 14.0. The first kappa shape index (κ1) is 19.2. The number of aryl methyl sites for hydroxylation is 1. The molecule has 1 heterocycles. The van der Waals surface area contributed by atoms with Crippen LogP contribution in [-0.2, 0) is 0 Å². The van der Waals surface area contributed by atoms with Gasteiger partial charge in [0.25, 0.3) is 0 Å². The van der Waals surface area contributed by atoms with Crippen molar-refractivity contribution >= 4 is 33.6 Å².